The first-order valence-electron chi connectivity index (χ1n) is 12.0. The molecule has 0 atom stereocenters. The average Bonchev–Trinajstić information content (AvgIpc) is 3.27. The molecular formula is C32H17NO3Te. The minimum atomic E-state index is -0.760. The average molecular weight is 591 g/mol. The van der Waals surface area contributed by atoms with Crippen LogP contribution in [-0.2, 0) is 0 Å². The Morgan fingerprint density at radius 3 is 1.89 bits per heavy atom. The first-order chi connectivity index (χ1) is 18.2. The molecule has 8 rings (SSSR count). The van der Waals surface area contributed by atoms with Crippen molar-refractivity contribution in [2.75, 3.05) is 0 Å². The molecule has 0 bridgehead atoms. The second-order valence-electron chi connectivity index (χ2n) is 9.25. The van der Waals surface area contributed by atoms with Crippen LogP contribution in [0.15, 0.2) is 117 Å². The third-order valence-corrected chi connectivity index (χ3v) is 10.4. The number of hydrogen-bond acceptors (Lipinski definition) is 3. The summed E-state index contributed by atoms with van der Waals surface area (Å²) in [5.74, 6) is 0. The van der Waals surface area contributed by atoms with Crippen LogP contribution in [0.3, 0.4) is 0 Å². The van der Waals surface area contributed by atoms with E-state index >= 15 is 0 Å². The van der Waals surface area contributed by atoms with Crippen molar-refractivity contribution in [2.24, 2.45) is 0 Å². The zero-order chi connectivity index (χ0) is 24.7. The number of para-hydroxylation sites is 2. The van der Waals surface area contributed by atoms with Crippen LogP contribution in [0, 0.1) is 0 Å². The first kappa shape index (κ1) is 21.0. The Morgan fingerprint density at radius 1 is 0.514 bits per heavy atom. The first-order valence-corrected chi connectivity index (χ1v) is 14.4. The van der Waals surface area contributed by atoms with Gasteiger partial charge in [0.25, 0.3) is 0 Å². The Bertz CT molecular complexity index is 2300. The van der Waals surface area contributed by atoms with E-state index in [0.717, 1.165) is 28.9 Å². The molecule has 0 radical (unpaired) electrons. The van der Waals surface area contributed by atoms with E-state index in [9.17, 15) is 9.59 Å². The van der Waals surface area contributed by atoms with Crippen molar-refractivity contribution in [1.82, 2.24) is 4.57 Å². The summed E-state index contributed by atoms with van der Waals surface area (Å²) in [4.78, 5) is 26.8. The number of nitrogens with zero attached hydrogens (tertiary/aromatic N) is 1. The molecule has 5 heteroatoms. The van der Waals surface area contributed by atoms with Crippen molar-refractivity contribution in [3.8, 4) is 5.69 Å². The van der Waals surface area contributed by atoms with Crippen LogP contribution in [0.25, 0.3) is 67.0 Å². The van der Waals surface area contributed by atoms with Gasteiger partial charge in [-0.15, -0.1) is 0 Å². The molecule has 0 saturated carbocycles. The fourth-order valence-electron chi connectivity index (χ4n) is 5.48. The van der Waals surface area contributed by atoms with Gasteiger partial charge in [0.1, 0.15) is 0 Å². The molecule has 4 nitrogen and oxygen atoms in total. The summed E-state index contributed by atoms with van der Waals surface area (Å²) in [6, 6.07) is 33.9. The van der Waals surface area contributed by atoms with E-state index in [1.165, 1.54) is 10.8 Å². The normalized spacial score (nSPS) is 12.0. The Hall–Kier alpha value is -4.17. The van der Waals surface area contributed by atoms with Crippen LogP contribution in [-0.4, -0.2) is 25.0 Å². The molecule has 8 aromatic rings. The molecule has 0 unspecified atom stereocenters. The topological polar surface area (TPSA) is 52.2 Å². The molecule has 174 valence electrons. The van der Waals surface area contributed by atoms with E-state index < -0.39 is 20.4 Å². The summed E-state index contributed by atoms with van der Waals surface area (Å²) >= 11 is -0.760. The third kappa shape index (κ3) is 2.96. The fraction of sp³-hybridized carbons (Fsp3) is 0. The van der Waals surface area contributed by atoms with Gasteiger partial charge < -0.3 is 0 Å². The molecule has 3 heterocycles. The van der Waals surface area contributed by atoms with Crippen LogP contribution < -0.4 is 10.9 Å². The van der Waals surface area contributed by atoms with Crippen molar-refractivity contribution in [2.45, 2.75) is 0 Å². The van der Waals surface area contributed by atoms with E-state index in [-0.39, 0.29) is 10.9 Å². The summed E-state index contributed by atoms with van der Waals surface area (Å²) in [5, 5.41) is 4.73. The predicted octanol–water partition coefficient (Wildman–Crippen LogP) is 6.77. The van der Waals surface area contributed by atoms with Crippen LogP contribution in [0.2, 0.25) is 0 Å². The van der Waals surface area contributed by atoms with Gasteiger partial charge in [-0.1, -0.05) is 0 Å². The van der Waals surface area contributed by atoms with E-state index in [0.29, 0.717) is 27.3 Å². The monoisotopic (exact) mass is 593 g/mol. The van der Waals surface area contributed by atoms with E-state index in [1.54, 1.807) is 6.07 Å². The zero-order valence-electron chi connectivity index (χ0n) is 19.4. The molecule has 0 aliphatic carbocycles. The van der Waals surface area contributed by atoms with Gasteiger partial charge >= 0.3 is 220 Å². The zero-order valence-corrected chi connectivity index (χ0v) is 21.7. The van der Waals surface area contributed by atoms with Crippen LogP contribution >= 0.6 is 0 Å². The number of hydrogen-bond donors (Lipinski definition) is 0. The minimum absolute atomic E-state index is 0.00920. The predicted molar refractivity (Wildman–Crippen MR) is 153 cm³/mol. The van der Waals surface area contributed by atoms with Gasteiger partial charge in [0.05, 0.1) is 0 Å². The second kappa shape index (κ2) is 7.66. The molecule has 5 aromatic carbocycles. The van der Waals surface area contributed by atoms with Gasteiger partial charge in [0.2, 0.25) is 0 Å². The summed E-state index contributed by atoms with van der Waals surface area (Å²) in [6.07, 6.45) is 0. The molecule has 37 heavy (non-hydrogen) atoms. The van der Waals surface area contributed by atoms with Gasteiger partial charge in [-0.25, -0.2) is 0 Å². The molecule has 0 aliphatic rings. The molecule has 0 spiro atoms. The van der Waals surface area contributed by atoms with Gasteiger partial charge in [0, 0.05) is 0 Å². The standard InChI is InChI=1S/C32H17NO3Te/c34-31-21-14-13-18(33-25-10-4-1-7-19(25)20-8-2-5-11-26(20)33)15-27(21)36-28-17-30-24(16-23(28)31)32(35)22-9-3-6-12-29(22)37-30/h1-17H. The van der Waals surface area contributed by atoms with E-state index in [1.807, 2.05) is 60.7 Å². The van der Waals surface area contributed by atoms with Crippen LogP contribution in [0.1, 0.15) is 0 Å². The maximum absolute atomic E-state index is 13.6. The van der Waals surface area contributed by atoms with Gasteiger partial charge in [-0.05, 0) is 0 Å². The number of fused-ring (bicyclic) bond motifs is 7. The van der Waals surface area contributed by atoms with Crippen molar-refractivity contribution in [3.63, 3.8) is 0 Å². The van der Waals surface area contributed by atoms with Gasteiger partial charge in [-0.3, -0.25) is 0 Å². The molecule has 0 fully saturated rings. The van der Waals surface area contributed by atoms with Gasteiger partial charge in [-0.2, -0.15) is 0 Å². The second-order valence-corrected chi connectivity index (χ2v) is 12.3. The maximum atomic E-state index is 13.6. The third-order valence-electron chi connectivity index (χ3n) is 7.19. The van der Waals surface area contributed by atoms with Crippen LogP contribution in [0.5, 0.6) is 0 Å². The van der Waals surface area contributed by atoms with E-state index in [4.69, 9.17) is 4.42 Å². The Labute approximate surface area is 219 Å². The molecule has 3 aromatic heterocycles. The fourth-order valence-corrected chi connectivity index (χ4v) is 8.57. The molecule has 0 saturated heterocycles. The molecular weight excluding hydrogens is 574 g/mol. The summed E-state index contributed by atoms with van der Waals surface area (Å²) < 4.78 is 10.7. The van der Waals surface area contributed by atoms with Gasteiger partial charge in [0.15, 0.2) is 0 Å². The van der Waals surface area contributed by atoms with E-state index in [2.05, 4.69) is 41.0 Å². The molecule has 0 amide bonds. The Kier molecular flexibility index (Phi) is 4.34. The van der Waals surface area contributed by atoms with Crippen molar-refractivity contribution < 1.29 is 4.42 Å². The summed E-state index contributed by atoms with van der Waals surface area (Å²) in [6.45, 7) is 0. The molecule has 0 N–H and O–H groups in total. The number of aromatic nitrogens is 1. The number of rotatable bonds is 1. The van der Waals surface area contributed by atoms with Crippen LogP contribution in [0.4, 0.5) is 0 Å². The Morgan fingerprint density at radius 2 is 1.14 bits per heavy atom. The summed E-state index contributed by atoms with van der Waals surface area (Å²) in [7, 11) is 0. The van der Waals surface area contributed by atoms with Crippen molar-refractivity contribution >= 4 is 81.8 Å². The summed E-state index contributed by atoms with van der Waals surface area (Å²) in [5.41, 5.74) is 4.09. The molecule has 0 aliphatic heterocycles. The quantitative estimate of drug-likeness (QED) is 0.157. The number of benzene rings is 5. The SMILES string of the molecule is O=c1c2ccc(-n3c4ccccc4c4ccccc43)cc2oc2cc3[te]c4ccccc4c(=O)c3cc12. The Balaban J connectivity index is 1.44. The van der Waals surface area contributed by atoms with Crippen molar-refractivity contribution in [3.05, 3.63) is 124 Å². The van der Waals surface area contributed by atoms with Crippen molar-refractivity contribution in [1.29, 1.82) is 0 Å².